The van der Waals surface area contributed by atoms with Gasteiger partial charge in [-0.1, -0.05) is 19.1 Å². The first kappa shape index (κ1) is 17.6. The van der Waals surface area contributed by atoms with Crippen LogP contribution in [0.15, 0.2) is 47.6 Å². The van der Waals surface area contributed by atoms with Gasteiger partial charge in [-0.15, -0.1) is 0 Å². The quantitative estimate of drug-likeness (QED) is 0.565. The zero-order valence-corrected chi connectivity index (χ0v) is 16.0. The molecule has 0 radical (unpaired) electrons. The molecule has 1 aromatic carbocycles. The molecule has 0 fully saturated rings. The van der Waals surface area contributed by atoms with Crippen molar-refractivity contribution in [3.63, 3.8) is 0 Å². The topological polar surface area (TPSA) is 102 Å². The molecule has 0 aliphatic carbocycles. The lowest BCUT2D eigenvalue weighted by molar-refractivity contribution is 0.597. The van der Waals surface area contributed by atoms with Crippen LogP contribution in [0.4, 0.5) is 0 Å². The van der Waals surface area contributed by atoms with Gasteiger partial charge in [0.05, 0.1) is 21.9 Å². The number of aryl methyl sites for hydroxylation is 1. The molecule has 3 N–H and O–H groups in total. The fourth-order valence-electron chi connectivity index (χ4n) is 3.34. The normalized spacial score (nSPS) is 12.1. The number of nitrogens with two attached hydrogens (primary N) is 1. The van der Waals surface area contributed by atoms with Gasteiger partial charge in [0.25, 0.3) is 0 Å². The zero-order valence-electron chi connectivity index (χ0n) is 15.2. The minimum Gasteiger partial charge on any atom is -0.338 e. The van der Waals surface area contributed by atoms with Crippen LogP contribution in [0.5, 0.6) is 0 Å². The van der Waals surface area contributed by atoms with E-state index in [1.807, 2.05) is 13.0 Å². The highest BCUT2D eigenvalue weighted by Crippen LogP contribution is 2.35. The molecule has 0 aliphatic rings. The van der Waals surface area contributed by atoms with E-state index in [4.69, 9.17) is 5.73 Å². The van der Waals surface area contributed by atoms with E-state index in [0.29, 0.717) is 11.4 Å². The molecule has 0 bridgehead atoms. The molecule has 7 heteroatoms. The smallest absolute Gasteiger partial charge is 0.178 e. The minimum absolute atomic E-state index is 0.0619. The van der Waals surface area contributed by atoms with E-state index in [2.05, 4.69) is 21.0 Å². The molecule has 27 heavy (non-hydrogen) atoms. The number of aromatic amines is 1. The fraction of sp³-hybridized carbons (Fsp3) is 0.200. The summed E-state index contributed by atoms with van der Waals surface area (Å²) in [4.78, 5) is 12.6. The highest BCUT2D eigenvalue weighted by Gasteiger charge is 2.17. The van der Waals surface area contributed by atoms with E-state index in [9.17, 15) is 8.42 Å². The molecule has 3 aromatic heterocycles. The van der Waals surface area contributed by atoms with Crippen molar-refractivity contribution in [2.24, 2.45) is 5.73 Å². The van der Waals surface area contributed by atoms with Crippen molar-refractivity contribution in [2.45, 2.75) is 25.3 Å². The Morgan fingerprint density at radius 2 is 1.96 bits per heavy atom. The van der Waals surface area contributed by atoms with Crippen LogP contribution in [0, 0.1) is 6.92 Å². The first-order chi connectivity index (χ1) is 12.9. The Hall–Kier alpha value is -2.77. The fourth-order valence-corrected chi connectivity index (χ4v) is 4.27. The Labute approximate surface area is 157 Å². The molecule has 0 unspecified atom stereocenters. The van der Waals surface area contributed by atoms with Gasteiger partial charge in [-0.3, -0.25) is 4.98 Å². The molecule has 0 spiro atoms. The maximum absolute atomic E-state index is 12.3. The predicted octanol–water partition coefficient (Wildman–Crippen LogP) is 3.34. The van der Waals surface area contributed by atoms with Crippen molar-refractivity contribution in [3.05, 3.63) is 54.0 Å². The molecular formula is C20H20N4O2S. The molecule has 6 nitrogen and oxygen atoms in total. The van der Waals surface area contributed by atoms with Crippen molar-refractivity contribution in [3.8, 4) is 11.1 Å². The predicted molar refractivity (Wildman–Crippen MR) is 107 cm³/mol. The maximum Gasteiger partial charge on any atom is 0.178 e. The number of pyridine rings is 2. The Morgan fingerprint density at radius 1 is 1.15 bits per heavy atom. The van der Waals surface area contributed by atoms with Gasteiger partial charge in [-0.05, 0) is 36.2 Å². The van der Waals surface area contributed by atoms with Crippen LogP contribution in [-0.4, -0.2) is 29.1 Å². The molecule has 0 atom stereocenters. The van der Waals surface area contributed by atoms with Gasteiger partial charge in [0.2, 0.25) is 0 Å². The molecule has 4 aromatic rings. The third-order valence-electron chi connectivity index (χ3n) is 4.77. The number of fused-ring (bicyclic) bond motifs is 3. The average Bonchev–Trinajstić information content (AvgIpc) is 3.06. The van der Waals surface area contributed by atoms with Crippen LogP contribution in [-0.2, 0) is 16.4 Å². The van der Waals surface area contributed by atoms with Crippen LogP contribution in [0.25, 0.3) is 33.1 Å². The van der Waals surface area contributed by atoms with Gasteiger partial charge in [0.15, 0.2) is 9.84 Å². The number of H-pyrrole nitrogens is 1. The average molecular weight is 380 g/mol. The SMILES string of the molecule is CCS(=O)(=O)c1cccc(-c2cnc(CN)c3[nH]c4ncc(C)cc4c23)c1. The molecular weight excluding hydrogens is 360 g/mol. The van der Waals surface area contributed by atoms with E-state index in [0.717, 1.165) is 44.3 Å². The second-order valence-corrected chi connectivity index (χ2v) is 8.82. The van der Waals surface area contributed by atoms with Crippen molar-refractivity contribution >= 4 is 31.8 Å². The number of nitrogens with zero attached hydrogens (tertiary/aromatic N) is 2. The molecule has 0 amide bonds. The van der Waals surface area contributed by atoms with Crippen molar-refractivity contribution in [1.29, 1.82) is 0 Å². The van der Waals surface area contributed by atoms with Gasteiger partial charge in [-0.25, -0.2) is 13.4 Å². The Balaban J connectivity index is 2.07. The number of hydrogen-bond acceptors (Lipinski definition) is 5. The Morgan fingerprint density at radius 3 is 2.70 bits per heavy atom. The second-order valence-electron chi connectivity index (χ2n) is 6.54. The molecule has 0 saturated heterocycles. The second kappa shape index (κ2) is 6.44. The van der Waals surface area contributed by atoms with Crippen LogP contribution < -0.4 is 5.73 Å². The first-order valence-corrected chi connectivity index (χ1v) is 10.4. The Bertz CT molecular complexity index is 1280. The first-order valence-electron chi connectivity index (χ1n) is 8.73. The summed E-state index contributed by atoms with van der Waals surface area (Å²) in [5.41, 5.74) is 10.9. The molecule has 3 heterocycles. The standard InChI is InChI=1S/C20H20N4O2S/c1-3-27(25,26)14-6-4-5-13(8-14)16-11-22-17(9-21)19-18(16)15-7-12(2)10-23-20(15)24-19/h4-8,10-11H,3,9,21H2,1-2H3,(H,23,24). The monoisotopic (exact) mass is 380 g/mol. The molecule has 0 aliphatic heterocycles. The van der Waals surface area contributed by atoms with Crippen LogP contribution in [0.3, 0.4) is 0 Å². The summed E-state index contributed by atoms with van der Waals surface area (Å²) in [5.74, 6) is 0.0619. The Kier molecular flexibility index (Phi) is 4.20. The third-order valence-corrected chi connectivity index (χ3v) is 6.50. The lowest BCUT2D eigenvalue weighted by Crippen LogP contribution is -2.04. The molecule has 0 saturated carbocycles. The van der Waals surface area contributed by atoms with Gasteiger partial charge in [0, 0.05) is 35.3 Å². The van der Waals surface area contributed by atoms with Crippen LogP contribution in [0.2, 0.25) is 0 Å². The van der Waals surface area contributed by atoms with Crippen LogP contribution in [0.1, 0.15) is 18.2 Å². The number of nitrogens with one attached hydrogen (secondary N) is 1. The van der Waals surface area contributed by atoms with E-state index < -0.39 is 9.84 Å². The number of aromatic nitrogens is 3. The van der Waals surface area contributed by atoms with Gasteiger partial charge in [-0.2, -0.15) is 0 Å². The zero-order chi connectivity index (χ0) is 19.2. The van der Waals surface area contributed by atoms with Gasteiger partial charge in [0.1, 0.15) is 5.65 Å². The minimum atomic E-state index is -3.29. The number of hydrogen-bond donors (Lipinski definition) is 2. The van der Waals surface area contributed by atoms with E-state index >= 15 is 0 Å². The number of sulfone groups is 1. The molecule has 4 rings (SSSR count). The summed E-state index contributed by atoms with van der Waals surface area (Å²) in [6.07, 6.45) is 3.57. The summed E-state index contributed by atoms with van der Waals surface area (Å²) in [6, 6.07) is 9.06. The van der Waals surface area contributed by atoms with E-state index in [-0.39, 0.29) is 5.75 Å². The maximum atomic E-state index is 12.3. The summed E-state index contributed by atoms with van der Waals surface area (Å²) < 4.78 is 24.6. The highest BCUT2D eigenvalue weighted by molar-refractivity contribution is 7.91. The summed E-state index contributed by atoms with van der Waals surface area (Å²) >= 11 is 0. The summed E-state index contributed by atoms with van der Waals surface area (Å²) in [5, 5.41) is 1.93. The lowest BCUT2D eigenvalue weighted by Gasteiger charge is -2.09. The van der Waals surface area contributed by atoms with Crippen molar-refractivity contribution in [1.82, 2.24) is 15.0 Å². The van der Waals surface area contributed by atoms with Crippen molar-refractivity contribution < 1.29 is 8.42 Å². The third kappa shape index (κ3) is 2.89. The summed E-state index contributed by atoms with van der Waals surface area (Å²) in [6.45, 7) is 3.93. The van der Waals surface area contributed by atoms with Crippen molar-refractivity contribution in [2.75, 3.05) is 5.75 Å². The van der Waals surface area contributed by atoms with Crippen LogP contribution >= 0.6 is 0 Å². The lowest BCUT2D eigenvalue weighted by atomic mass is 10.0. The largest absolute Gasteiger partial charge is 0.338 e. The van der Waals surface area contributed by atoms with E-state index in [1.54, 1.807) is 37.5 Å². The molecule has 138 valence electrons. The highest BCUT2D eigenvalue weighted by atomic mass is 32.2. The number of rotatable bonds is 4. The number of benzene rings is 1. The summed E-state index contributed by atoms with van der Waals surface area (Å²) in [7, 11) is -3.29. The van der Waals surface area contributed by atoms with Gasteiger partial charge >= 0.3 is 0 Å². The van der Waals surface area contributed by atoms with E-state index in [1.165, 1.54) is 0 Å². The van der Waals surface area contributed by atoms with Gasteiger partial charge < -0.3 is 10.7 Å².